The normalized spacial score (nSPS) is 26.5. The first kappa shape index (κ1) is 14.6. The molecule has 3 heterocycles. The minimum Gasteiger partial charge on any atom is -0.492 e. The van der Waals surface area contributed by atoms with Crippen LogP contribution in [0.3, 0.4) is 0 Å². The van der Waals surface area contributed by atoms with Gasteiger partial charge in [-0.05, 0) is 0 Å². The van der Waals surface area contributed by atoms with E-state index in [-0.39, 0.29) is 54.0 Å². The summed E-state index contributed by atoms with van der Waals surface area (Å²) < 4.78 is 20.6. The Morgan fingerprint density at radius 2 is 2.21 bits per heavy atom. The first-order valence-electron chi connectivity index (χ1n) is 5.47. The fourth-order valence-electron chi connectivity index (χ4n) is 2.09. The molecule has 97 valence electrons. The number of hydrogen-bond acceptors (Lipinski definition) is 6. The molecule has 3 rings (SSSR count). The molecule has 2 N–H and O–H groups in total. The quantitative estimate of drug-likeness (QED) is 0.736. The number of halogens is 1. The van der Waals surface area contributed by atoms with Crippen LogP contribution in [0.5, 0.6) is 5.88 Å². The Hall–Kier alpha value is -0.800. The molecule has 0 unspecified atom stereocenters. The number of hydrogen-bond donors (Lipinski definition) is 2. The minimum atomic E-state index is -1.25. The van der Waals surface area contributed by atoms with E-state index in [0.717, 1.165) is 0 Å². The van der Waals surface area contributed by atoms with Gasteiger partial charge in [-0.15, -0.1) is 0 Å². The molecule has 0 aromatic carbocycles. The maximum absolute atomic E-state index is 13.8. The molecular weight excluding hydrogens is 266 g/mol. The minimum absolute atomic E-state index is 0. The monoisotopic (exact) mass is 277 g/mol. The summed E-state index contributed by atoms with van der Waals surface area (Å²) >= 11 is 0. The van der Waals surface area contributed by atoms with Crippen LogP contribution in [0.4, 0.5) is 4.39 Å². The average Bonchev–Trinajstić information content (AvgIpc) is 2.93. The number of alkyl halides is 1. The number of aromatic hydroxyl groups is 1. The molecule has 1 fully saturated rings. The Balaban J connectivity index is 0.00000133. The number of imidazole rings is 1. The molecule has 0 bridgehead atoms. The molecule has 2 aromatic heterocycles. The predicted molar refractivity (Wildman–Crippen MR) is 63.3 cm³/mol. The first-order chi connectivity index (χ1) is 8.70. The van der Waals surface area contributed by atoms with Gasteiger partial charge in [0.15, 0.2) is 17.4 Å². The molecule has 19 heavy (non-hydrogen) atoms. The Labute approximate surface area is 129 Å². The summed E-state index contributed by atoms with van der Waals surface area (Å²) in [5, 5.41) is 18.5. The molecule has 1 aliphatic heterocycles. The molecule has 0 saturated carbocycles. The number of aliphatic hydroxyl groups excluding tert-OH is 1. The van der Waals surface area contributed by atoms with Crippen LogP contribution >= 0.6 is 0 Å². The molecule has 1 radical (unpaired) electrons. The second-order valence-electron chi connectivity index (χ2n) is 4.10. The van der Waals surface area contributed by atoms with Crippen LogP contribution in [0.15, 0.2) is 12.7 Å². The molecule has 7 nitrogen and oxygen atoms in total. The Bertz CT molecular complexity index is 581. The molecule has 0 aliphatic carbocycles. The van der Waals surface area contributed by atoms with Crippen molar-refractivity contribution in [3.05, 3.63) is 12.7 Å². The van der Waals surface area contributed by atoms with Gasteiger partial charge in [-0.25, -0.2) is 14.4 Å². The van der Waals surface area contributed by atoms with Crippen LogP contribution in [-0.2, 0) is 4.74 Å². The van der Waals surface area contributed by atoms with E-state index in [4.69, 9.17) is 9.84 Å². The van der Waals surface area contributed by atoms with E-state index in [9.17, 15) is 9.50 Å². The molecule has 1 aliphatic rings. The molecule has 0 spiro atoms. The van der Waals surface area contributed by atoms with E-state index < -0.39 is 18.5 Å². The molecule has 9 heteroatoms. The van der Waals surface area contributed by atoms with E-state index in [1.807, 2.05) is 0 Å². The third-order valence-electron chi connectivity index (χ3n) is 2.95. The van der Waals surface area contributed by atoms with E-state index in [1.54, 1.807) is 0 Å². The van der Waals surface area contributed by atoms with Crippen molar-refractivity contribution in [2.24, 2.45) is 0 Å². The summed E-state index contributed by atoms with van der Waals surface area (Å²) in [7, 11) is 0. The van der Waals surface area contributed by atoms with Crippen molar-refractivity contribution in [1.82, 2.24) is 19.5 Å². The maximum atomic E-state index is 13.8. The van der Waals surface area contributed by atoms with Gasteiger partial charge in [-0.2, -0.15) is 4.98 Å². The summed E-state index contributed by atoms with van der Waals surface area (Å²) in [5.41, 5.74) is 0.495. The fourth-order valence-corrected chi connectivity index (χ4v) is 2.09. The van der Waals surface area contributed by atoms with Crippen molar-refractivity contribution < 1.29 is 19.3 Å². The third-order valence-corrected chi connectivity index (χ3v) is 2.95. The van der Waals surface area contributed by atoms with Crippen LogP contribution < -0.4 is 0 Å². The summed E-state index contributed by atoms with van der Waals surface area (Å²) in [6.45, 7) is -0.232. The van der Waals surface area contributed by atoms with Gasteiger partial charge in [0.05, 0.1) is 19.0 Å². The summed E-state index contributed by atoms with van der Waals surface area (Å²) in [5.74, 6) is -0.258. The number of ether oxygens (including phenoxy) is 1. The molecule has 3 atom stereocenters. The summed E-state index contributed by atoms with van der Waals surface area (Å²) in [6, 6.07) is 0. The van der Waals surface area contributed by atoms with Gasteiger partial charge in [-0.3, -0.25) is 4.57 Å². The number of aromatic nitrogens is 4. The largest absolute Gasteiger partial charge is 0.492 e. The number of fused-ring (bicyclic) bond motifs is 1. The maximum Gasteiger partial charge on any atom is 0.242 e. The van der Waals surface area contributed by atoms with Gasteiger partial charge in [0.25, 0.3) is 0 Å². The van der Waals surface area contributed by atoms with Crippen molar-refractivity contribution in [2.75, 3.05) is 6.61 Å². The van der Waals surface area contributed by atoms with Crippen LogP contribution in [0.25, 0.3) is 11.2 Å². The van der Waals surface area contributed by atoms with Gasteiger partial charge >= 0.3 is 0 Å². The van der Waals surface area contributed by atoms with Crippen LogP contribution in [-0.4, -0.2) is 78.2 Å². The van der Waals surface area contributed by atoms with Gasteiger partial charge in [-0.1, -0.05) is 0 Å². The van der Waals surface area contributed by atoms with Crippen molar-refractivity contribution in [2.45, 2.75) is 24.9 Å². The van der Waals surface area contributed by atoms with Crippen molar-refractivity contribution in [1.29, 1.82) is 0 Å². The van der Waals surface area contributed by atoms with Gasteiger partial charge in [0, 0.05) is 36.0 Å². The Morgan fingerprint density at radius 1 is 1.42 bits per heavy atom. The zero-order valence-corrected chi connectivity index (χ0v) is 12.3. The van der Waals surface area contributed by atoms with Crippen LogP contribution in [0.1, 0.15) is 12.6 Å². The first-order valence-corrected chi connectivity index (χ1v) is 5.47. The van der Waals surface area contributed by atoms with Crippen molar-refractivity contribution >= 4 is 40.7 Å². The second kappa shape index (κ2) is 5.68. The standard InChI is InChI=1S/C10H11FN4O3.Na/c11-6-1-5(2-16)18-10(6)15-4-14-7-8(15)12-3-13-9(7)17;/h3-6,10,16H,1-2H2,(H,12,13,17);/t5-,6+,10+;/m0./s1. The zero-order valence-electron chi connectivity index (χ0n) is 10.3. The molecule has 2 aromatic rings. The number of aliphatic hydroxyl groups is 1. The van der Waals surface area contributed by atoms with E-state index in [1.165, 1.54) is 17.2 Å². The fraction of sp³-hybridized carbons (Fsp3) is 0.500. The third kappa shape index (κ3) is 2.46. The summed E-state index contributed by atoms with van der Waals surface area (Å²) in [4.78, 5) is 11.5. The van der Waals surface area contributed by atoms with Crippen molar-refractivity contribution in [3.8, 4) is 5.88 Å². The number of rotatable bonds is 2. The second-order valence-corrected chi connectivity index (χ2v) is 4.10. The smallest absolute Gasteiger partial charge is 0.242 e. The average molecular weight is 277 g/mol. The molecule has 0 amide bonds. The zero-order chi connectivity index (χ0) is 12.7. The van der Waals surface area contributed by atoms with Crippen molar-refractivity contribution in [3.63, 3.8) is 0 Å². The number of nitrogens with zero attached hydrogens (tertiary/aromatic N) is 4. The van der Waals surface area contributed by atoms with Gasteiger partial charge in [0.1, 0.15) is 12.5 Å². The van der Waals surface area contributed by atoms with Crippen LogP contribution in [0, 0.1) is 0 Å². The topological polar surface area (TPSA) is 93.3 Å². The van der Waals surface area contributed by atoms with E-state index in [0.29, 0.717) is 5.65 Å². The molecular formula is C10H11FN4NaO3. The van der Waals surface area contributed by atoms with Gasteiger partial charge in [0.2, 0.25) is 5.88 Å². The van der Waals surface area contributed by atoms with Gasteiger partial charge < -0.3 is 14.9 Å². The molecule has 1 saturated heterocycles. The summed E-state index contributed by atoms with van der Waals surface area (Å²) in [6.07, 6.45) is -0.0359. The van der Waals surface area contributed by atoms with Crippen LogP contribution in [0.2, 0.25) is 0 Å². The van der Waals surface area contributed by atoms with E-state index in [2.05, 4.69) is 15.0 Å². The SMILES string of the molecule is OC[C@@H]1C[C@@H](F)[C@H](n2cnc3c(O)ncnc32)O1.[Na]. The Kier molecular flexibility index (Phi) is 4.36. The predicted octanol–water partition coefficient (Wildman–Crippen LogP) is -0.231. The van der Waals surface area contributed by atoms with E-state index >= 15 is 0 Å². The Morgan fingerprint density at radius 3 is 2.89 bits per heavy atom.